The molecule has 30 heavy (non-hydrogen) atoms. The Morgan fingerprint density at radius 2 is 1.67 bits per heavy atom. The molecular weight excluding hydrogens is 445 g/mol. The van der Waals surface area contributed by atoms with Crippen LogP contribution in [0.1, 0.15) is 30.6 Å². The van der Waals surface area contributed by atoms with Crippen molar-refractivity contribution >= 4 is 58.0 Å². The van der Waals surface area contributed by atoms with Crippen molar-refractivity contribution in [2.45, 2.75) is 20.3 Å². The maximum atomic E-state index is 12.5. The highest BCUT2D eigenvalue weighted by Gasteiger charge is 2.23. The minimum absolute atomic E-state index is 0.202. The van der Waals surface area contributed by atoms with E-state index in [9.17, 15) is 9.59 Å². The summed E-state index contributed by atoms with van der Waals surface area (Å²) in [6, 6.07) is 10.1. The van der Waals surface area contributed by atoms with E-state index >= 15 is 0 Å². The van der Waals surface area contributed by atoms with Gasteiger partial charge in [-0.15, -0.1) is 0 Å². The quantitative estimate of drug-likeness (QED) is 0.622. The first kappa shape index (κ1) is 22.7. The van der Waals surface area contributed by atoms with Crippen LogP contribution >= 0.6 is 34.8 Å². The number of carbonyl (C=O) groups is 2. The number of piperazine rings is 1. The SMILES string of the molecule is CC(C)CC(=O)N1CCN(c2ccc(NC(=O)c3cc(Cl)ccc3Cl)cc2Cl)CC1. The Balaban J connectivity index is 1.64. The lowest BCUT2D eigenvalue weighted by Gasteiger charge is -2.36. The van der Waals surface area contributed by atoms with Crippen LogP contribution in [-0.2, 0) is 4.79 Å². The van der Waals surface area contributed by atoms with Gasteiger partial charge in [-0.3, -0.25) is 9.59 Å². The molecule has 5 nitrogen and oxygen atoms in total. The van der Waals surface area contributed by atoms with Gasteiger partial charge in [-0.05, 0) is 42.3 Å². The van der Waals surface area contributed by atoms with Crippen molar-refractivity contribution in [3.8, 4) is 0 Å². The molecule has 0 atom stereocenters. The summed E-state index contributed by atoms with van der Waals surface area (Å²) in [5.41, 5.74) is 1.74. The van der Waals surface area contributed by atoms with Gasteiger partial charge in [-0.25, -0.2) is 0 Å². The minimum Gasteiger partial charge on any atom is -0.367 e. The summed E-state index contributed by atoms with van der Waals surface area (Å²) >= 11 is 18.6. The van der Waals surface area contributed by atoms with Gasteiger partial charge in [0.2, 0.25) is 5.91 Å². The van der Waals surface area contributed by atoms with Crippen molar-refractivity contribution < 1.29 is 9.59 Å². The van der Waals surface area contributed by atoms with Crippen molar-refractivity contribution in [2.75, 3.05) is 36.4 Å². The second kappa shape index (κ2) is 9.90. The highest BCUT2D eigenvalue weighted by atomic mass is 35.5. The molecule has 8 heteroatoms. The van der Waals surface area contributed by atoms with Crippen LogP contribution in [-0.4, -0.2) is 42.9 Å². The monoisotopic (exact) mass is 467 g/mol. The average Bonchev–Trinajstić information content (AvgIpc) is 2.69. The van der Waals surface area contributed by atoms with E-state index in [0.29, 0.717) is 64.8 Å². The fourth-order valence-electron chi connectivity index (χ4n) is 3.39. The molecule has 0 radical (unpaired) electrons. The summed E-state index contributed by atoms with van der Waals surface area (Å²) in [6.45, 7) is 6.88. The first-order valence-electron chi connectivity index (χ1n) is 9.83. The number of carbonyl (C=O) groups excluding carboxylic acids is 2. The van der Waals surface area contributed by atoms with Gasteiger partial charge in [-0.1, -0.05) is 48.7 Å². The summed E-state index contributed by atoms with van der Waals surface area (Å²) in [4.78, 5) is 28.8. The Morgan fingerprint density at radius 3 is 2.30 bits per heavy atom. The fraction of sp³-hybridized carbons (Fsp3) is 0.364. The summed E-state index contributed by atoms with van der Waals surface area (Å²) < 4.78 is 0. The van der Waals surface area contributed by atoms with E-state index < -0.39 is 0 Å². The van der Waals surface area contributed by atoms with Crippen LogP contribution in [0.4, 0.5) is 11.4 Å². The lowest BCUT2D eigenvalue weighted by molar-refractivity contribution is -0.132. The lowest BCUT2D eigenvalue weighted by Crippen LogP contribution is -2.49. The first-order valence-corrected chi connectivity index (χ1v) is 11.0. The number of benzene rings is 2. The molecule has 0 unspecified atom stereocenters. The van der Waals surface area contributed by atoms with Crippen molar-refractivity contribution in [1.29, 1.82) is 0 Å². The summed E-state index contributed by atoms with van der Waals surface area (Å²) in [5.74, 6) is 0.201. The van der Waals surface area contributed by atoms with E-state index in [1.165, 1.54) is 6.07 Å². The number of halogens is 3. The average molecular weight is 469 g/mol. The van der Waals surface area contributed by atoms with E-state index in [-0.39, 0.29) is 11.8 Å². The fourth-order valence-corrected chi connectivity index (χ4v) is 4.06. The molecule has 1 heterocycles. The minimum atomic E-state index is -0.358. The Hall–Kier alpha value is -1.95. The predicted molar refractivity (Wildman–Crippen MR) is 124 cm³/mol. The third kappa shape index (κ3) is 5.60. The van der Waals surface area contributed by atoms with Crippen LogP contribution in [0.5, 0.6) is 0 Å². The van der Waals surface area contributed by atoms with Gasteiger partial charge >= 0.3 is 0 Å². The Kier molecular flexibility index (Phi) is 7.50. The largest absolute Gasteiger partial charge is 0.367 e. The Bertz CT molecular complexity index is 941. The first-order chi connectivity index (χ1) is 14.2. The van der Waals surface area contributed by atoms with Crippen molar-refractivity contribution in [2.24, 2.45) is 5.92 Å². The van der Waals surface area contributed by atoms with Gasteiger partial charge in [-0.2, -0.15) is 0 Å². The van der Waals surface area contributed by atoms with E-state index in [4.69, 9.17) is 34.8 Å². The molecule has 2 aromatic carbocycles. The predicted octanol–water partition coefficient (Wildman–Crippen LogP) is 5.59. The Morgan fingerprint density at radius 1 is 0.967 bits per heavy atom. The van der Waals surface area contributed by atoms with Crippen LogP contribution in [0.15, 0.2) is 36.4 Å². The van der Waals surface area contributed by atoms with Crippen molar-refractivity contribution in [3.63, 3.8) is 0 Å². The number of rotatable bonds is 5. The number of anilines is 2. The van der Waals surface area contributed by atoms with Gasteiger partial charge < -0.3 is 15.1 Å². The maximum Gasteiger partial charge on any atom is 0.257 e. The molecule has 160 valence electrons. The van der Waals surface area contributed by atoms with E-state index in [0.717, 1.165) is 5.69 Å². The highest BCUT2D eigenvalue weighted by molar-refractivity contribution is 6.36. The molecule has 0 spiro atoms. The van der Waals surface area contributed by atoms with Gasteiger partial charge in [0, 0.05) is 43.3 Å². The zero-order valence-electron chi connectivity index (χ0n) is 16.9. The molecule has 0 bridgehead atoms. The van der Waals surface area contributed by atoms with Crippen LogP contribution in [0.3, 0.4) is 0 Å². The third-order valence-electron chi connectivity index (χ3n) is 4.93. The third-order valence-corrected chi connectivity index (χ3v) is 5.80. The topological polar surface area (TPSA) is 52.7 Å². The van der Waals surface area contributed by atoms with Crippen LogP contribution in [0, 0.1) is 5.92 Å². The molecule has 3 rings (SSSR count). The number of nitrogens with zero attached hydrogens (tertiary/aromatic N) is 2. The molecule has 1 fully saturated rings. The standard InChI is InChI=1S/C22H24Cl3N3O2/c1-14(2)11-21(29)28-9-7-27(8-10-28)20-6-4-16(13-19(20)25)26-22(30)17-12-15(23)3-5-18(17)24/h3-6,12-14H,7-11H2,1-2H3,(H,26,30). The normalized spacial score (nSPS) is 14.2. The Labute approximate surface area is 191 Å². The molecule has 2 aromatic rings. The highest BCUT2D eigenvalue weighted by Crippen LogP contribution is 2.30. The van der Waals surface area contributed by atoms with Crippen LogP contribution in [0.2, 0.25) is 15.1 Å². The summed E-state index contributed by atoms with van der Waals surface area (Å²) in [7, 11) is 0. The molecule has 0 aliphatic carbocycles. The second-order valence-electron chi connectivity index (χ2n) is 7.71. The molecule has 1 N–H and O–H groups in total. The molecule has 1 aliphatic rings. The number of amides is 2. The van der Waals surface area contributed by atoms with Gasteiger partial charge in [0.15, 0.2) is 0 Å². The molecule has 2 amide bonds. The van der Waals surface area contributed by atoms with Gasteiger partial charge in [0.25, 0.3) is 5.91 Å². The summed E-state index contributed by atoms with van der Waals surface area (Å²) in [6.07, 6.45) is 0.575. The van der Waals surface area contributed by atoms with Gasteiger partial charge in [0.1, 0.15) is 0 Å². The smallest absolute Gasteiger partial charge is 0.257 e. The zero-order chi connectivity index (χ0) is 21.8. The van der Waals surface area contributed by atoms with Crippen LogP contribution in [0.25, 0.3) is 0 Å². The second-order valence-corrected chi connectivity index (χ2v) is 8.96. The molecule has 1 aliphatic heterocycles. The van der Waals surface area contributed by atoms with Crippen molar-refractivity contribution in [3.05, 3.63) is 57.0 Å². The molecule has 0 saturated carbocycles. The van der Waals surface area contributed by atoms with E-state index in [1.807, 2.05) is 11.0 Å². The zero-order valence-corrected chi connectivity index (χ0v) is 19.2. The lowest BCUT2D eigenvalue weighted by atomic mass is 10.1. The molecule has 1 saturated heterocycles. The number of hydrogen-bond donors (Lipinski definition) is 1. The van der Waals surface area contributed by atoms with E-state index in [1.54, 1.807) is 24.3 Å². The number of nitrogens with one attached hydrogen (secondary N) is 1. The molecule has 0 aromatic heterocycles. The number of hydrogen-bond acceptors (Lipinski definition) is 3. The maximum absolute atomic E-state index is 12.5. The summed E-state index contributed by atoms with van der Waals surface area (Å²) in [5, 5.41) is 4.09. The van der Waals surface area contributed by atoms with Gasteiger partial charge in [0.05, 0.1) is 21.3 Å². The van der Waals surface area contributed by atoms with Crippen molar-refractivity contribution in [1.82, 2.24) is 4.90 Å². The van der Waals surface area contributed by atoms with E-state index in [2.05, 4.69) is 24.1 Å². The van der Waals surface area contributed by atoms with Crippen LogP contribution < -0.4 is 10.2 Å². The molecular formula is C22H24Cl3N3O2.